The lowest BCUT2D eigenvalue weighted by Crippen LogP contribution is -2.33. The van der Waals surface area contributed by atoms with Crippen LogP contribution in [0, 0.1) is 6.92 Å². The summed E-state index contributed by atoms with van der Waals surface area (Å²) in [4.78, 5) is 0. The molecule has 0 fully saturated rings. The van der Waals surface area contributed by atoms with Gasteiger partial charge in [0.25, 0.3) is 0 Å². The Hall–Kier alpha value is -1.06. The molecule has 0 aliphatic carbocycles. The zero-order valence-electron chi connectivity index (χ0n) is 12.0. The van der Waals surface area contributed by atoms with Gasteiger partial charge in [0, 0.05) is 24.3 Å². The van der Waals surface area contributed by atoms with Crippen molar-refractivity contribution in [3.63, 3.8) is 0 Å². The highest BCUT2D eigenvalue weighted by Gasteiger charge is 2.21. The highest BCUT2D eigenvalue weighted by Crippen LogP contribution is 2.32. The van der Waals surface area contributed by atoms with Gasteiger partial charge in [-0.25, -0.2) is 0 Å². The van der Waals surface area contributed by atoms with Crippen LogP contribution in [-0.2, 0) is 0 Å². The Morgan fingerprint density at radius 1 is 1.47 bits per heavy atom. The fourth-order valence-corrected chi connectivity index (χ4v) is 2.72. The third kappa shape index (κ3) is 3.71. The molecule has 1 aliphatic heterocycles. The zero-order chi connectivity index (χ0) is 13.7. The van der Waals surface area contributed by atoms with Crippen LogP contribution < -0.4 is 10.1 Å². The lowest BCUT2D eigenvalue weighted by atomic mass is 9.98. The SMILES string of the molecule is CCC(CCO)NC1CCCOc2ccc(C)cc21. The molecule has 0 spiro atoms. The maximum atomic E-state index is 9.13. The van der Waals surface area contributed by atoms with Crippen molar-refractivity contribution in [2.24, 2.45) is 0 Å². The lowest BCUT2D eigenvalue weighted by molar-refractivity contribution is 0.253. The van der Waals surface area contributed by atoms with E-state index in [0.717, 1.165) is 38.0 Å². The van der Waals surface area contributed by atoms with Crippen LogP contribution in [0.2, 0.25) is 0 Å². The highest BCUT2D eigenvalue weighted by atomic mass is 16.5. The summed E-state index contributed by atoms with van der Waals surface area (Å²) in [5, 5.41) is 12.8. The van der Waals surface area contributed by atoms with Crippen LogP contribution in [0.5, 0.6) is 5.75 Å². The van der Waals surface area contributed by atoms with E-state index in [9.17, 15) is 0 Å². The molecule has 2 unspecified atom stereocenters. The molecule has 1 heterocycles. The summed E-state index contributed by atoms with van der Waals surface area (Å²) in [5.41, 5.74) is 2.54. The molecule has 106 valence electrons. The first-order valence-corrected chi connectivity index (χ1v) is 7.34. The maximum Gasteiger partial charge on any atom is 0.124 e. The molecular weight excluding hydrogens is 238 g/mol. The molecule has 3 nitrogen and oxygen atoms in total. The molecule has 0 saturated heterocycles. The van der Waals surface area contributed by atoms with Crippen molar-refractivity contribution in [1.82, 2.24) is 5.32 Å². The molecule has 2 atom stereocenters. The molecule has 0 amide bonds. The Bertz CT molecular complexity index is 406. The Balaban J connectivity index is 2.18. The van der Waals surface area contributed by atoms with E-state index in [-0.39, 0.29) is 6.61 Å². The normalized spacial score (nSPS) is 20.3. The van der Waals surface area contributed by atoms with Crippen molar-refractivity contribution in [1.29, 1.82) is 0 Å². The molecule has 0 radical (unpaired) electrons. The second-order valence-corrected chi connectivity index (χ2v) is 5.37. The Labute approximate surface area is 116 Å². The van der Waals surface area contributed by atoms with Crippen LogP contribution >= 0.6 is 0 Å². The Morgan fingerprint density at radius 3 is 3.05 bits per heavy atom. The first-order valence-electron chi connectivity index (χ1n) is 7.34. The van der Waals surface area contributed by atoms with Crippen molar-refractivity contribution in [3.8, 4) is 5.75 Å². The average molecular weight is 263 g/mol. The molecule has 2 rings (SSSR count). The summed E-state index contributed by atoms with van der Waals surface area (Å²) in [5.74, 6) is 1.01. The molecule has 2 N–H and O–H groups in total. The molecular formula is C16H25NO2. The van der Waals surface area contributed by atoms with Gasteiger partial charge in [0.1, 0.15) is 5.75 Å². The second-order valence-electron chi connectivity index (χ2n) is 5.37. The third-order valence-electron chi connectivity index (χ3n) is 3.84. The van der Waals surface area contributed by atoms with Crippen molar-refractivity contribution < 1.29 is 9.84 Å². The van der Waals surface area contributed by atoms with E-state index in [1.165, 1.54) is 11.1 Å². The zero-order valence-corrected chi connectivity index (χ0v) is 12.0. The number of nitrogens with one attached hydrogen (secondary N) is 1. The minimum Gasteiger partial charge on any atom is -0.493 e. The fourth-order valence-electron chi connectivity index (χ4n) is 2.72. The van der Waals surface area contributed by atoms with Crippen LogP contribution in [0.25, 0.3) is 0 Å². The van der Waals surface area contributed by atoms with Crippen LogP contribution in [0.1, 0.15) is 49.8 Å². The minimum atomic E-state index is 0.245. The summed E-state index contributed by atoms with van der Waals surface area (Å²) >= 11 is 0. The Kier molecular flexibility index (Phi) is 5.23. The number of aryl methyl sites for hydroxylation is 1. The largest absolute Gasteiger partial charge is 0.493 e. The fraction of sp³-hybridized carbons (Fsp3) is 0.625. The molecule has 0 bridgehead atoms. The molecule has 1 aromatic carbocycles. The van der Waals surface area contributed by atoms with E-state index in [0.29, 0.717) is 12.1 Å². The first kappa shape index (κ1) is 14.4. The number of hydrogen-bond acceptors (Lipinski definition) is 3. The van der Waals surface area contributed by atoms with Crippen molar-refractivity contribution in [2.75, 3.05) is 13.2 Å². The van der Waals surface area contributed by atoms with Gasteiger partial charge in [-0.05, 0) is 38.7 Å². The molecule has 3 heteroatoms. The summed E-state index contributed by atoms with van der Waals surface area (Å²) in [6.07, 6.45) is 4.02. The third-order valence-corrected chi connectivity index (χ3v) is 3.84. The maximum absolute atomic E-state index is 9.13. The number of aliphatic hydroxyl groups excluding tert-OH is 1. The van der Waals surface area contributed by atoms with Crippen LogP contribution in [0.3, 0.4) is 0 Å². The number of rotatable bonds is 5. The van der Waals surface area contributed by atoms with Crippen LogP contribution in [0.15, 0.2) is 18.2 Å². The predicted molar refractivity (Wildman–Crippen MR) is 77.6 cm³/mol. The van der Waals surface area contributed by atoms with E-state index in [4.69, 9.17) is 9.84 Å². The van der Waals surface area contributed by atoms with Gasteiger partial charge in [-0.2, -0.15) is 0 Å². The van der Waals surface area contributed by atoms with E-state index in [2.05, 4.69) is 37.4 Å². The van der Waals surface area contributed by atoms with Gasteiger partial charge >= 0.3 is 0 Å². The second kappa shape index (κ2) is 6.92. The summed E-state index contributed by atoms with van der Waals surface area (Å²) in [6.45, 7) is 5.32. The smallest absolute Gasteiger partial charge is 0.124 e. The summed E-state index contributed by atoms with van der Waals surface area (Å²) in [7, 11) is 0. The quantitative estimate of drug-likeness (QED) is 0.858. The van der Waals surface area contributed by atoms with Gasteiger partial charge in [0.15, 0.2) is 0 Å². The summed E-state index contributed by atoms with van der Waals surface area (Å²) < 4.78 is 5.82. The molecule has 0 aromatic heterocycles. The van der Waals surface area contributed by atoms with Crippen LogP contribution in [-0.4, -0.2) is 24.4 Å². The van der Waals surface area contributed by atoms with Crippen molar-refractivity contribution >= 4 is 0 Å². The highest BCUT2D eigenvalue weighted by molar-refractivity contribution is 5.39. The van der Waals surface area contributed by atoms with Gasteiger partial charge in [-0.3, -0.25) is 0 Å². The summed E-state index contributed by atoms with van der Waals surface area (Å²) in [6, 6.07) is 7.13. The number of hydrogen-bond donors (Lipinski definition) is 2. The van der Waals surface area contributed by atoms with E-state index >= 15 is 0 Å². The lowest BCUT2D eigenvalue weighted by Gasteiger charge is -2.25. The minimum absolute atomic E-state index is 0.245. The van der Waals surface area contributed by atoms with Gasteiger partial charge < -0.3 is 15.2 Å². The van der Waals surface area contributed by atoms with Crippen LogP contribution in [0.4, 0.5) is 0 Å². The molecule has 1 aliphatic rings. The monoisotopic (exact) mass is 263 g/mol. The standard InChI is InChI=1S/C16H25NO2/c1-3-13(8-9-18)17-15-5-4-10-19-16-7-6-12(2)11-14(15)16/h6-7,11,13,15,17-18H,3-5,8-10H2,1-2H3. The number of ether oxygens (including phenoxy) is 1. The number of fused-ring (bicyclic) bond motifs is 1. The first-order chi connectivity index (χ1) is 9.24. The van der Waals surface area contributed by atoms with Gasteiger partial charge in [0.2, 0.25) is 0 Å². The van der Waals surface area contributed by atoms with Gasteiger partial charge in [-0.1, -0.05) is 24.6 Å². The molecule has 1 aromatic rings. The Morgan fingerprint density at radius 2 is 2.32 bits per heavy atom. The topological polar surface area (TPSA) is 41.5 Å². The van der Waals surface area contributed by atoms with E-state index < -0.39 is 0 Å². The number of benzene rings is 1. The molecule has 0 saturated carbocycles. The van der Waals surface area contributed by atoms with Gasteiger partial charge in [0.05, 0.1) is 6.61 Å². The van der Waals surface area contributed by atoms with Crippen molar-refractivity contribution in [2.45, 2.75) is 51.6 Å². The number of aliphatic hydroxyl groups is 1. The predicted octanol–water partition coefficient (Wildman–Crippen LogP) is 2.96. The van der Waals surface area contributed by atoms with E-state index in [1.807, 2.05) is 0 Å². The molecule has 19 heavy (non-hydrogen) atoms. The van der Waals surface area contributed by atoms with Gasteiger partial charge in [-0.15, -0.1) is 0 Å². The average Bonchev–Trinajstić information content (AvgIpc) is 2.61. The van der Waals surface area contributed by atoms with E-state index in [1.54, 1.807) is 0 Å². The van der Waals surface area contributed by atoms with Crippen molar-refractivity contribution in [3.05, 3.63) is 29.3 Å².